The van der Waals surface area contributed by atoms with Gasteiger partial charge < -0.3 is 0 Å². The number of hydrogen-bond donors (Lipinski definition) is 0. The van der Waals surface area contributed by atoms with E-state index in [4.69, 9.17) is 16.6 Å². The van der Waals surface area contributed by atoms with E-state index in [1.54, 1.807) is 0 Å². The minimum atomic E-state index is 0.563. The number of aryl methyl sites for hydroxylation is 1. The van der Waals surface area contributed by atoms with Crippen molar-refractivity contribution in [3.8, 4) is 0 Å². The number of halogens is 1. The highest BCUT2D eigenvalue weighted by atomic mass is 35.5. The van der Waals surface area contributed by atoms with Crippen LogP contribution in [0.15, 0.2) is 0 Å². The number of rotatable bonds is 1. The standard InChI is InChI=1S/C12H15ClN2/c1-7-5-6-8(7)12-14-10-4-2-3-9(10)11(13)15-12/h7-8H,2-6H2,1H3. The van der Waals surface area contributed by atoms with Crippen molar-refractivity contribution in [3.63, 3.8) is 0 Å². The summed E-state index contributed by atoms with van der Waals surface area (Å²) < 4.78 is 0. The zero-order valence-electron chi connectivity index (χ0n) is 8.96. The fourth-order valence-corrected chi connectivity index (χ4v) is 2.91. The molecule has 1 aromatic heterocycles. The van der Waals surface area contributed by atoms with Gasteiger partial charge in [-0.1, -0.05) is 18.5 Å². The van der Waals surface area contributed by atoms with E-state index in [0.717, 1.165) is 24.6 Å². The molecule has 2 aliphatic carbocycles. The second-order valence-corrected chi connectivity index (χ2v) is 5.17. The maximum absolute atomic E-state index is 6.20. The van der Waals surface area contributed by atoms with Gasteiger partial charge in [0.25, 0.3) is 0 Å². The lowest BCUT2D eigenvalue weighted by atomic mass is 9.74. The minimum absolute atomic E-state index is 0.563. The van der Waals surface area contributed by atoms with Crippen LogP contribution in [0.4, 0.5) is 0 Å². The molecule has 2 unspecified atom stereocenters. The molecular formula is C12H15ClN2. The fraction of sp³-hybridized carbons (Fsp3) is 0.667. The molecule has 80 valence electrons. The van der Waals surface area contributed by atoms with E-state index in [9.17, 15) is 0 Å². The van der Waals surface area contributed by atoms with Gasteiger partial charge >= 0.3 is 0 Å². The summed E-state index contributed by atoms with van der Waals surface area (Å²) in [6.07, 6.45) is 5.88. The summed E-state index contributed by atoms with van der Waals surface area (Å²) in [5, 5.41) is 0.714. The van der Waals surface area contributed by atoms with Crippen LogP contribution in [0.5, 0.6) is 0 Å². The van der Waals surface area contributed by atoms with Crippen LogP contribution < -0.4 is 0 Å². The quantitative estimate of drug-likeness (QED) is 0.683. The maximum atomic E-state index is 6.20. The first-order chi connectivity index (χ1) is 7.25. The Morgan fingerprint density at radius 1 is 1.20 bits per heavy atom. The van der Waals surface area contributed by atoms with E-state index in [1.165, 1.54) is 30.5 Å². The van der Waals surface area contributed by atoms with Crippen molar-refractivity contribution in [1.29, 1.82) is 0 Å². The maximum Gasteiger partial charge on any atom is 0.136 e. The molecule has 1 aromatic rings. The monoisotopic (exact) mass is 222 g/mol. The van der Waals surface area contributed by atoms with Crippen LogP contribution in [-0.4, -0.2) is 9.97 Å². The molecule has 0 amide bonds. The normalized spacial score (nSPS) is 28.7. The van der Waals surface area contributed by atoms with Crippen molar-refractivity contribution >= 4 is 11.6 Å². The Hall–Kier alpha value is -0.630. The van der Waals surface area contributed by atoms with E-state index in [2.05, 4.69) is 11.9 Å². The van der Waals surface area contributed by atoms with Crippen molar-refractivity contribution in [3.05, 3.63) is 22.2 Å². The highest BCUT2D eigenvalue weighted by molar-refractivity contribution is 6.30. The van der Waals surface area contributed by atoms with Crippen molar-refractivity contribution in [2.45, 2.75) is 44.9 Å². The van der Waals surface area contributed by atoms with Crippen molar-refractivity contribution < 1.29 is 0 Å². The Kier molecular flexibility index (Phi) is 2.20. The molecule has 0 saturated heterocycles. The highest BCUT2D eigenvalue weighted by Gasteiger charge is 2.32. The molecule has 2 nitrogen and oxygen atoms in total. The number of aromatic nitrogens is 2. The molecular weight excluding hydrogens is 208 g/mol. The van der Waals surface area contributed by atoms with Crippen molar-refractivity contribution in [1.82, 2.24) is 9.97 Å². The Morgan fingerprint density at radius 3 is 2.73 bits per heavy atom. The Morgan fingerprint density at radius 2 is 2.07 bits per heavy atom. The molecule has 0 aromatic carbocycles. The minimum Gasteiger partial charge on any atom is -0.237 e. The van der Waals surface area contributed by atoms with Gasteiger partial charge in [0.2, 0.25) is 0 Å². The van der Waals surface area contributed by atoms with Crippen LogP contribution in [0, 0.1) is 5.92 Å². The molecule has 1 fully saturated rings. The van der Waals surface area contributed by atoms with Gasteiger partial charge in [0.15, 0.2) is 0 Å². The van der Waals surface area contributed by atoms with Gasteiger partial charge in [0.05, 0.1) is 0 Å². The van der Waals surface area contributed by atoms with Crippen molar-refractivity contribution in [2.75, 3.05) is 0 Å². The third-order valence-electron chi connectivity index (χ3n) is 3.85. The van der Waals surface area contributed by atoms with Crippen LogP contribution >= 0.6 is 11.6 Å². The number of hydrogen-bond acceptors (Lipinski definition) is 2. The van der Waals surface area contributed by atoms with E-state index < -0.39 is 0 Å². The second-order valence-electron chi connectivity index (χ2n) is 4.81. The van der Waals surface area contributed by atoms with Gasteiger partial charge in [-0.15, -0.1) is 0 Å². The van der Waals surface area contributed by atoms with Gasteiger partial charge in [-0.05, 0) is 38.0 Å². The Balaban J connectivity index is 2.00. The van der Waals surface area contributed by atoms with Crippen LogP contribution in [-0.2, 0) is 12.8 Å². The molecule has 15 heavy (non-hydrogen) atoms. The fourth-order valence-electron chi connectivity index (χ4n) is 2.62. The smallest absolute Gasteiger partial charge is 0.136 e. The molecule has 2 aliphatic rings. The summed E-state index contributed by atoms with van der Waals surface area (Å²) in [4.78, 5) is 9.16. The molecule has 0 aliphatic heterocycles. The molecule has 1 heterocycles. The lowest BCUT2D eigenvalue weighted by molar-refractivity contribution is 0.268. The van der Waals surface area contributed by atoms with Crippen LogP contribution in [0.1, 0.15) is 49.2 Å². The first-order valence-electron chi connectivity index (χ1n) is 5.81. The van der Waals surface area contributed by atoms with Crippen LogP contribution in [0.2, 0.25) is 5.15 Å². The molecule has 0 radical (unpaired) electrons. The average molecular weight is 223 g/mol. The first-order valence-corrected chi connectivity index (χ1v) is 6.18. The summed E-state index contributed by atoms with van der Waals surface area (Å²) in [7, 11) is 0. The predicted octanol–water partition coefficient (Wildman–Crippen LogP) is 3.13. The molecule has 0 bridgehead atoms. The molecule has 0 spiro atoms. The average Bonchev–Trinajstić information content (AvgIpc) is 2.64. The lowest BCUT2D eigenvalue weighted by Crippen LogP contribution is -2.23. The largest absolute Gasteiger partial charge is 0.237 e. The summed E-state index contributed by atoms with van der Waals surface area (Å²) in [5.41, 5.74) is 2.41. The molecule has 0 N–H and O–H groups in total. The summed E-state index contributed by atoms with van der Waals surface area (Å²) in [6.45, 7) is 2.28. The van der Waals surface area contributed by atoms with Gasteiger partial charge in [0.1, 0.15) is 11.0 Å². The molecule has 1 saturated carbocycles. The second kappa shape index (κ2) is 3.44. The lowest BCUT2D eigenvalue weighted by Gasteiger charge is -2.32. The van der Waals surface area contributed by atoms with E-state index in [1.807, 2.05) is 0 Å². The Labute approximate surface area is 95.1 Å². The van der Waals surface area contributed by atoms with E-state index >= 15 is 0 Å². The van der Waals surface area contributed by atoms with Gasteiger partial charge in [0, 0.05) is 17.2 Å². The summed E-state index contributed by atoms with van der Waals surface area (Å²) >= 11 is 6.20. The molecule has 2 atom stereocenters. The van der Waals surface area contributed by atoms with Gasteiger partial charge in [-0.2, -0.15) is 0 Å². The highest BCUT2D eigenvalue weighted by Crippen LogP contribution is 2.41. The number of fused-ring (bicyclic) bond motifs is 1. The Bertz CT molecular complexity index is 403. The predicted molar refractivity (Wildman–Crippen MR) is 60.2 cm³/mol. The molecule has 3 rings (SSSR count). The zero-order chi connectivity index (χ0) is 10.4. The summed E-state index contributed by atoms with van der Waals surface area (Å²) in [5.74, 6) is 2.30. The van der Waals surface area contributed by atoms with Gasteiger partial charge in [-0.25, -0.2) is 9.97 Å². The van der Waals surface area contributed by atoms with Crippen LogP contribution in [0.25, 0.3) is 0 Å². The zero-order valence-corrected chi connectivity index (χ0v) is 9.72. The third kappa shape index (κ3) is 1.46. The molecule has 3 heteroatoms. The SMILES string of the molecule is CC1CCC1c1nc(Cl)c2c(n1)CCC2. The first kappa shape index (κ1) is 9.59. The topological polar surface area (TPSA) is 25.8 Å². The van der Waals surface area contributed by atoms with Gasteiger partial charge in [-0.3, -0.25) is 0 Å². The van der Waals surface area contributed by atoms with E-state index in [-0.39, 0.29) is 0 Å². The third-order valence-corrected chi connectivity index (χ3v) is 4.16. The van der Waals surface area contributed by atoms with E-state index in [0.29, 0.717) is 11.1 Å². The summed E-state index contributed by atoms with van der Waals surface area (Å²) in [6, 6.07) is 0. The number of nitrogens with zero attached hydrogens (tertiary/aromatic N) is 2. The van der Waals surface area contributed by atoms with Crippen molar-refractivity contribution in [2.24, 2.45) is 5.92 Å². The van der Waals surface area contributed by atoms with Crippen LogP contribution in [0.3, 0.4) is 0 Å².